The van der Waals surface area contributed by atoms with Gasteiger partial charge in [-0.15, -0.1) is 0 Å². The molecule has 1 saturated heterocycles. The van der Waals surface area contributed by atoms with E-state index in [0.29, 0.717) is 19.3 Å². The maximum Gasteiger partial charge on any atom is 0.152 e. The van der Waals surface area contributed by atoms with E-state index in [0.717, 1.165) is 13.0 Å². The summed E-state index contributed by atoms with van der Waals surface area (Å²) in [5.74, 6) is 0.134. The second kappa shape index (κ2) is 6.92. The maximum atomic E-state index is 11.9. The van der Waals surface area contributed by atoms with E-state index in [-0.39, 0.29) is 17.7 Å². The van der Waals surface area contributed by atoms with Crippen molar-refractivity contribution in [3.05, 3.63) is 12.2 Å². The van der Waals surface area contributed by atoms with Crippen molar-refractivity contribution in [3.8, 4) is 0 Å². The van der Waals surface area contributed by atoms with Crippen LogP contribution in [0.5, 0.6) is 0 Å². The average molecular weight is 241 g/mol. The molecule has 0 aromatic carbocycles. The molecule has 0 radical (unpaired) electrons. The number of allylic oxidation sites excluding steroid dienone is 2. The summed E-state index contributed by atoms with van der Waals surface area (Å²) in [5.41, 5.74) is 0. The highest BCUT2D eigenvalue weighted by Crippen LogP contribution is 2.21. The summed E-state index contributed by atoms with van der Waals surface area (Å²) in [7, 11) is 1.89. The number of piperidine rings is 1. The predicted octanol–water partition coefficient (Wildman–Crippen LogP) is 2.00. The van der Waals surface area contributed by atoms with Crippen molar-refractivity contribution in [2.24, 2.45) is 5.92 Å². The third-order valence-electron chi connectivity index (χ3n) is 3.46. The standard InChI is InChI=1S/C14H25NO2/c1-4-5-6-8-11(2)14(17)13-12(16)9-7-10-15(13)3/h5-6,11,13-14,17H,4,7-10H2,1-3H3/b6-5+/t11-,13-,14?/m1/s1/i1D2. The number of hydrogen-bond acceptors (Lipinski definition) is 3. The van der Waals surface area contributed by atoms with Gasteiger partial charge in [-0.2, -0.15) is 0 Å². The number of hydrogen-bond donors (Lipinski definition) is 1. The van der Waals surface area contributed by atoms with Crippen LogP contribution in [0.1, 0.15) is 42.2 Å². The Bertz CT molecular complexity index is 321. The zero-order chi connectivity index (χ0) is 14.4. The van der Waals surface area contributed by atoms with Gasteiger partial charge >= 0.3 is 0 Å². The fraction of sp³-hybridized carbons (Fsp3) is 0.786. The van der Waals surface area contributed by atoms with E-state index in [4.69, 9.17) is 2.74 Å². The molecule has 1 N–H and O–H groups in total. The van der Waals surface area contributed by atoms with Crippen molar-refractivity contribution in [3.63, 3.8) is 0 Å². The highest BCUT2D eigenvalue weighted by Gasteiger charge is 2.35. The largest absolute Gasteiger partial charge is 0.391 e. The van der Waals surface area contributed by atoms with Crippen molar-refractivity contribution in [2.75, 3.05) is 13.6 Å². The lowest BCUT2D eigenvalue weighted by molar-refractivity contribution is -0.132. The van der Waals surface area contributed by atoms with E-state index in [2.05, 4.69) is 0 Å². The number of rotatable bonds is 5. The van der Waals surface area contributed by atoms with Crippen LogP contribution < -0.4 is 0 Å². The van der Waals surface area contributed by atoms with Crippen LogP contribution >= 0.6 is 0 Å². The molecule has 0 aromatic heterocycles. The molecule has 1 aliphatic rings. The van der Waals surface area contributed by atoms with Crippen LogP contribution in [0.2, 0.25) is 0 Å². The Morgan fingerprint density at radius 3 is 3.06 bits per heavy atom. The Morgan fingerprint density at radius 1 is 1.65 bits per heavy atom. The lowest BCUT2D eigenvalue weighted by Gasteiger charge is -2.36. The van der Waals surface area contributed by atoms with Crippen LogP contribution in [0, 0.1) is 5.92 Å². The van der Waals surface area contributed by atoms with Gasteiger partial charge in [0.1, 0.15) is 0 Å². The smallest absolute Gasteiger partial charge is 0.152 e. The number of carbonyl (C=O) groups is 1. The van der Waals surface area contributed by atoms with Gasteiger partial charge in [-0.1, -0.05) is 26.0 Å². The molecule has 1 aliphatic heterocycles. The summed E-state index contributed by atoms with van der Waals surface area (Å²) in [6.07, 6.45) is 5.58. The summed E-state index contributed by atoms with van der Waals surface area (Å²) in [5, 5.41) is 10.3. The van der Waals surface area contributed by atoms with Crippen LogP contribution in [0.15, 0.2) is 12.2 Å². The number of aliphatic hydroxyl groups is 1. The fourth-order valence-electron chi connectivity index (χ4n) is 2.34. The number of likely N-dealkylation sites (tertiary alicyclic amines) is 1. The number of nitrogens with zero attached hydrogens (tertiary/aromatic N) is 1. The summed E-state index contributed by atoms with van der Waals surface area (Å²) < 4.78 is 14.2. The molecule has 0 saturated carbocycles. The van der Waals surface area contributed by atoms with Gasteiger partial charge in [0, 0.05) is 9.16 Å². The number of ketones is 1. The average Bonchev–Trinajstić information content (AvgIpc) is 2.33. The van der Waals surface area contributed by atoms with Crippen LogP contribution in [0.4, 0.5) is 0 Å². The zero-order valence-electron chi connectivity index (χ0n) is 12.8. The summed E-state index contributed by atoms with van der Waals surface area (Å²) in [4.78, 5) is 13.8. The van der Waals surface area contributed by atoms with E-state index in [1.165, 1.54) is 0 Å². The van der Waals surface area contributed by atoms with E-state index in [1.807, 2.05) is 24.9 Å². The molecule has 1 fully saturated rings. The lowest BCUT2D eigenvalue weighted by Crippen LogP contribution is -2.52. The first-order chi connectivity index (χ1) is 8.93. The van der Waals surface area contributed by atoms with Crippen molar-refractivity contribution in [2.45, 2.75) is 51.6 Å². The quantitative estimate of drug-likeness (QED) is 0.748. The molecular weight excluding hydrogens is 214 g/mol. The number of aliphatic hydroxyl groups excluding tert-OH is 1. The third-order valence-corrected chi connectivity index (χ3v) is 3.46. The van der Waals surface area contributed by atoms with Gasteiger partial charge in [-0.05, 0) is 38.8 Å². The molecule has 1 rings (SSSR count). The first kappa shape index (κ1) is 11.4. The van der Waals surface area contributed by atoms with Crippen LogP contribution in [-0.4, -0.2) is 41.5 Å². The maximum absolute atomic E-state index is 11.9. The highest BCUT2D eigenvalue weighted by atomic mass is 16.3. The van der Waals surface area contributed by atoms with Crippen LogP contribution in [0.25, 0.3) is 0 Å². The number of Topliss-reactive ketones (excluding diaryl/α,β-unsaturated/α-hetero) is 1. The Labute approximate surface area is 107 Å². The van der Waals surface area contributed by atoms with Crippen molar-refractivity contribution in [1.29, 1.82) is 0 Å². The zero-order valence-corrected chi connectivity index (χ0v) is 10.8. The first-order valence-corrected chi connectivity index (χ1v) is 6.34. The molecule has 1 heterocycles. The Kier molecular flexibility index (Phi) is 4.65. The molecule has 3 atom stereocenters. The van der Waals surface area contributed by atoms with E-state index < -0.39 is 13.0 Å². The lowest BCUT2D eigenvalue weighted by atomic mass is 9.88. The molecule has 3 nitrogen and oxygen atoms in total. The first-order valence-electron chi connectivity index (χ1n) is 7.49. The van der Waals surface area contributed by atoms with E-state index >= 15 is 0 Å². The van der Waals surface area contributed by atoms with Gasteiger partial charge in [0.2, 0.25) is 0 Å². The SMILES string of the molecule is [2H]C([2H])C/C=C/C[C@@H](C)C(O)[C@H]1C(=O)CCCN1C. The molecule has 0 bridgehead atoms. The van der Waals surface area contributed by atoms with Gasteiger partial charge in [0.25, 0.3) is 0 Å². The third kappa shape index (κ3) is 3.93. The minimum atomic E-state index is -0.831. The summed E-state index contributed by atoms with van der Waals surface area (Å²) in [6, 6.07) is -0.378. The van der Waals surface area contributed by atoms with E-state index in [9.17, 15) is 9.90 Å². The second-order valence-corrected chi connectivity index (χ2v) is 4.91. The van der Waals surface area contributed by atoms with Gasteiger partial charge in [-0.3, -0.25) is 9.69 Å². The normalized spacial score (nSPS) is 28.2. The van der Waals surface area contributed by atoms with Crippen molar-refractivity contribution in [1.82, 2.24) is 4.90 Å². The molecule has 0 aromatic rings. The minimum absolute atomic E-state index is 0.000618. The molecule has 17 heavy (non-hydrogen) atoms. The monoisotopic (exact) mass is 241 g/mol. The summed E-state index contributed by atoms with van der Waals surface area (Å²) >= 11 is 0. The Morgan fingerprint density at radius 2 is 2.41 bits per heavy atom. The van der Waals surface area contributed by atoms with Gasteiger partial charge in [-0.25, -0.2) is 0 Å². The Hall–Kier alpha value is -0.670. The van der Waals surface area contributed by atoms with Gasteiger partial charge in [0.05, 0.1) is 12.1 Å². The predicted molar refractivity (Wildman–Crippen MR) is 69.9 cm³/mol. The molecule has 0 spiro atoms. The highest BCUT2D eigenvalue weighted by molar-refractivity contribution is 5.85. The number of likely N-dealkylation sites (N-methyl/N-ethyl adjacent to an activating group) is 1. The number of carbonyl (C=O) groups excluding carboxylic acids is 1. The Balaban J connectivity index is 2.48. The molecule has 1 unspecified atom stereocenters. The second-order valence-electron chi connectivity index (χ2n) is 4.91. The van der Waals surface area contributed by atoms with Crippen LogP contribution in [0.3, 0.4) is 0 Å². The van der Waals surface area contributed by atoms with Crippen molar-refractivity contribution < 1.29 is 12.6 Å². The fourth-order valence-corrected chi connectivity index (χ4v) is 2.34. The minimum Gasteiger partial charge on any atom is -0.391 e. The van der Waals surface area contributed by atoms with Crippen molar-refractivity contribution >= 4 is 5.78 Å². The van der Waals surface area contributed by atoms with Crippen LogP contribution in [-0.2, 0) is 4.79 Å². The topological polar surface area (TPSA) is 40.5 Å². The summed E-state index contributed by atoms with van der Waals surface area (Å²) in [6.45, 7) is 1.96. The molecule has 0 amide bonds. The molecule has 98 valence electrons. The molecule has 3 heteroatoms. The molecule has 0 aliphatic carbocycles. The van der Waals surface area contributed by atoms with Gasteiger partial charge in [0.15, 0.2) is 5.78 Å². The van der Waals surface area contributed by atoms with E-state index in [1.54, 1.807) is 6.08 Å². The van der Waals surface area contributed by atoms with Gasteiger partial charge < -0.3 is 5.11 Å². The molecular formula is C14H25NO2.